The van der Waals surface area contributed by atoms with E-state index in [-0.39, 0.29) is 12.1 Å². The standard InChI is InChI=1S/C10H19NO/c11-10(7-12)6-2-4-8-3-1-5-9(8)10/h8-9,12H,1-7,11H2. The first-order valence-corrected chi connectivity index (χ1v) is 5.16. The summed E-state index contributed by atoms with van der Waals surface area (Å²) in [6.07, 6.45) is 7.53. The molecule has 0 radical (unpaired) electrons. The van der Waals surface area contributed by atoms with E-state index in [4.69, 9.17) is 5.73 Å². The molecule has 2 nitrogen and oxygen atoms in total. The number of hydrogen-bond donors (Lipinski definition) is 2. The van der Waals surface area contributed by atoms with Gasteiger partial charge in [-0.05, 0) is 24.7 Å². The smallest absolute Gasteiger partial charge is 0.0614 e. The Labute approximate surface area is 74.1 Å². The van der Waals surface area contributed by atoms with Gasteiger partial charge in [0.25, 0.3) is 0 Å². The van der Waals surface area contributed by atoms with Crippen LogP contribution in [0.5, 0.6) is 0 Å². The fraction of sp³-hybridized carbons (Fsp3) is 1.00. The molecule has 0 amide bonds. The van der Waals surface area contributed by atoms with Crippen LogP contribution in [0.4, 0.5) is 0 Å². The molecule has 0 aromatic carbocycles. The quantitative estimate of drug-likeness (QED) is 0.621. The molecule has 2 aliphatic carbocycles. The molecule has 2 aliphatic rings. The van der Waals surface area contributed by atoms with E-state index in [0.29, 0.717) is 5.92 Å². The molecule has 70 valence electrons. The number of rotatable bonds is 1. The Morgan fingerprint density at radius 3 is 2.75 bits per heavy atom. The zero-order valence-corrected chi connectivity index (χ0v) is 7.63. The van der Waals surface area contributed by atoms with Gasteiger partial charge in [-0.2, -0.15) is 0 Å². The van der Waals surface area contributed by atoms with Crippen LogP contribution < -0.4 is 5.73 Å². The third-order valence-electron chi connectivity index (χ3n) is 3.91. The van der Waals surface area contributed by atoms with E-state index in [0.717, 1.165) is 12.3 Å². The van der Waals surface area contributed by atoms with Crippen molar-refractivity contribution in [1.29, 1.82) is 0 Å². The Kier molecular flexibility index (Phi) is 2.13. The van der Waals surface area contributed by atoms with Crippen LogP contribution in [0.3, 0.4) is 0 Å². The van der Waals surface area contributed by atoms with Gasteiger partial charge >= 0.3 is 0 Å². The monoisotopic (exact) mass is 169 g/mol. The molecule has 2 rings (SSSR count). The van der Waals surface area contributed by atoms with Crippen LogP contribution in [0.15, 0.2) is 0 Å². The molecule has 0 aromatic rings. The summed E-state index contributed by atoms with van der Waals surface area (Å²) >= 11 is 0. The number of aliphatic hydroxyl groups excluding tert-OH is 1. The first kappa shape index (κ1) is 8.52. The van der Waals surface area contributed by atoms with E-state index in [1.807, 2.05) is 0 Å². The first-order valence-electron chi connectivity index (χ1n) is 5.16. The molecular weight excluding hydrogens is 150 g/mol. The van der Waals surface area contributed by atoms with Crippen molar-refractivity contribution >= 4 is 0 Å². The van der Waals surface area contributed by atoms with Crippen molar-refractivity contribution in [3.63, 3.8) is 0 Å². The molecule has 0 heterocycles. The van der Waals surface area contributed by atoms with E-state index in [1.165, 1.54) is 32.1 Å². The van der Waals surface area contributed by atoms with Crippen molar-refractivity contribution in [1.82, 2.24) is 0 Å². The minimum absolute atomic E-state index is 0.189. The number of hydrogen-bond acceptors (Lipinski definition) is 2. The van der Waals surface area contributed by atoms with Crippen LogP contribution >= 0.6 is 0 Å². The second-order valence-corrected chi connectivity index (χ2v) is 4.58. The van der Waals surface area contributed by atoms with Gasteiger partial charge in [-0.3, -0.25) is 0 Å². The molecule has 2 fully saturated rings. The van der Waals surface area contributed by atoms with Gasteiger partial charge in [0, 0.05) is 5.54 Å². The second-order valence-electron chi connectivity index (χ2n) is 4.58. The maximum Gasteiger partial charge on any atom is 0.0614 e. The predicted octanol–water partition coefficient (Wildman–Crippen LogP) is 1.28. The van der Waals surface area contributed by atoms with Gasteiger partial charge in [-0.1, -0.05) is 25.7 Å². The van der Waals surface area contributed by atoms with Gasteiger partial charge < -0.3 is 10.8 Å². The van der Waals surface area contributed by atoms with Crippen LogP contribution in [0.2, 0.25) is 0 Å². The summed E-state index contributed by atoms with van der Waals surface area (Å²) in [7, 11) is 0. The number of nitrogens with two attached hydrogens (primary N) is 1. The largest absolute Gasteiger partial charge is 0.394 e. The molecule has 2 saturated carbocycles. The molecule has 3 atom stereocenters. The van der Waals surface area contributed by atoms with Crippen molar-refractivity contribution in [2.75, 3.05) is 6.61 Å². The lowest BCUT2D eigenvalue weighted by atomic mass is 9.69. The molecule has 0 bridgehead atoms. The van der Waals surface area contributed by atoms with Crippen LogP contribution in [0.25, 0.3) is 0 Å². The summed E-state index contributed by atoms with van der Waals surface area (Å²) in [4.78, 5) is 0. The van der Waals surface area contributed by atoms with Crippen LogP contribution in [-0.4, -0.2) is 17.3 Å². The Morgan fingerprint density at radius 2 is 2.00 bits per heavy atom. The van der Waals surface area contributed by atoms with Gasteiger partial charge in [-0.15, -0.1) is 0 Å². The molecule has 12 heavy (non-hydrogen) atoms. The molecule has 0 saturated heterocycles. The molecule has 3 N–H and O–H groups in total. The summed E-state index contributed by atoms with van der Waals surface area (Å²) in [5.41, 5.74) is 5.97. The van der Waals surface area contributed by atoms with Crippen LogP contribution in [0.1, 0.15) is 38.5 Å². The lowest BCUT2D eigenvalue weighted by molar-refractivity contribution is 0.0759. The zero-order chi connectivity index (χ0) is 8.60. The maximum absolute atomic E-state index is 9.27. The third kappa shape index (κ3) is 1.17. The third-order valence-corrected chi connectivity index (χ3v) is 3.91. The van der Waals surface area contributed by atoms with Gasteiger partial charge in [0.1, 0.15) is 0 Å². The normalized spacial score (nSPS) is 47.5. The highest BCUT2D eigenvalue weighted by molar-refractivity contribution is 5.00. The predicted molar refractivity (Wildman–Crippen MR) is 48.7 cm³/mol. The fourth-order valence-electron chi connectivity index (χ4n) is 3.21. The molecule has 0 aliphatic heterocycles. The topological polar surface area (TPSA) is 46.2 Å². The van der Waals surface area contributed by atoms with Gasteiger partial charge in [-0.25, -0.2) is 0 Å². The van der Waals surface area contributed by atoms with Crippen LogP contribution in [-0.2, 0) is 0 Å². The summed E-state index contributed by atoms with van der Waals surface area (Å²) in [6.45, 7) is 0.189. The van der Waals surface area contributed by atoms with Gasteiger partial charge in [0.05, 0.1) is 6.61 Å². The summed E-state index contributed by atoms with van der Waals surface area (Å²) in [5, 5.41) is 9.27. The number of aliphatic hydroxyl groups is 1. The summed E-state index contributed by atoms with van der Waals surface area (Å²) in [5.74, 6) is 1.45. The minimum atomic E-state index is -0.223. The Balaban J connectivity index is 2.13. The van der Waals surface area contributed by atoms with E-state index in [2.05, 4.69) is 0 Å². The first-order chi connectivity index (χ1) is 5.76. The lowest BCUT2D eigenvalue weighted by Gasteiger charge is -2.41. The number of fused-ring (bicyclic) bond motifs is 1. The van der Waals surface area contributed by atoms with Gasteiger partial charge in [0.15, 0.2) is 0 Å². The zero-order valence-electron chi connectivity index (χ0n) is 7.63. The highest BCUT2D eigenvalue weighted by Gasteiger charge is 2.44. The lowest BCUT2D eigenvalue weighted by Crippen LogP contribution is -2.53. The maximum atomic E-state index is 9.27. The van der Waals surface area contributed by atoms with Crippen LogP contribution in [0, 0.1) is 11.8 Å². The average molecular weight is 169 g/mol. The van der Waals surface area contributed by atoms with Gasteiger partial charge in [0.2, 0.25) is 0 Å². The molecule has 3 unspecified atom stereocenters. The highest BCUT2D eigenvalue weighted by Crippen LogP contribution is 2.46. The summed E-state index contributed by atoms with van der Waals surface area (Å²) in [6, 6.07) is 0. The fourth-order valence-corrected chi connectivity index (χ4v) is 3.21. The van der Waals surface area contributed by atoms with Crippen molar-refractivity contribution in [2.24, 2.45) is 17.6 Å². The Bertz CT molecular complexity index is 171. The Hall–Kier alpha value is -0.0800. The molecular formula is C10H19NO. The molecule has 0 aromatic heterocycles. The SMILES string of the molecule is NC1(CO)CCCC2CCCC21. The molecule has 0 spiro atoms. The average Bonchev–Trinajstić information content (AvgIpc) is 2.54. The van der Waals surface area contributed by atoms with Crippen molar-refractivity contribution in [3.8, 4) is 0 Å². The second kappa shape index (κ2) is 3.00. The Morgan fingerprint density at radius 1 is 1.25 bits per heavy atom. The van der Waals surface area contributed by atoms with E-state index >= 15 is 0 Å². The summed E-state index contributed by atoms with van der Waals surface area (Å²) < 4.78 is 0. The molecule has 2 heteroatoms. The highest BCUT2D eigenvalue weighted by atomic mass is 16.3. The van der Waals surface area contributed by atoms with Crippen molar-refractivity contribution < 1.29 is 5.11 Å². The van der Waals surface area contributed by atoms with E-state index < -0.39 is 0 Å². The van der Waals surface area contributed by atoms with E-state index in [1.54, 1.807) is 0 Å². The van der Waals surface area contributed by atoms with Crippen molar-refractivity contribution in [2.45, 2.75) is 44.1 Å². The minimum Gasteiger partial charge on any atom is -0.394 e. The van der Waals surface area contributed by atoms with Crippen molar-refractivity contribution in [3.05, 3.63) is 0 Å². The van der Waals surface area contributed by atoms with E-state index in [9.17, 15) is 5.11 Å².